The Morgan fingerprint density at radius 1 is 1.16 bits per heavy atom. The van der Waals surface area contributed by atoms with Gasteiger partial charge in [0.2, 0.25) is 0 Å². The molecule has 2 aromatic heterocycles. The number of hydrogen-bond acceptors (Lipinski definition) is 8. The number of nitrogens with one attached hydrogen (secondary N) is 1. The smallest absolute Gasteiger partial charge is 0.357 e. The summed E-state index contributed by atoms with van der Waals surface area (Å²) in [5.74, 6) is 1.68. The van der Waals surface area contributed by atoms with E-state index in [0.29, 0.717) is 54.3 Å². The number of fused-ring (bicyclic) bond motifs is 2. The lowest BCUT2D eigenvalue weighted by Crippen LogP contribution is -2.24. The van der Waals surface area contributed by atoms with Crippen LogP contribution in [0.1, 0.15) is 104 Å². The zero-order valence-electron chi connectivity index (χ0n) is 25.0. The van der Waals surface area contributed by atoms with Crippen LogP contribution in [0.2, 0.25) is 0 Å². The average Bonchev–Trinajstić information content (AvgIpc) is 3.63. The highest BCUT2D eigenvalue weighted by Gasteiger charge is 2.34. The molecule has 0 unspecified atom stereocenters. The van der Waals surface area contributed by atoms with Gasteiger partial charge < -0.3 is 14.6 Å². The zero-order chi connectivity index (χ0) is 30.0. The summed E-state index contributed by atoms with van der Waals surface area (Å²) in [7, 11) is 0. The Bertz CT molecular complexity index is 1630. The highest BCUT2D eigenvalue weighted by atomic mass is 16.5. The van der Waals surface area contributed by atoms with Gasteiger partial charge in [0, 0.05) is 18.1 Å². The maximum absolute atomic E-state index is 13.8. The van der Waals surface area contributed by atoms with Crippen LogP contribution in [0.4, 0.5) is 0 Å². The van der Waals surface area contributed by atoms with E-state index in [-0.39, 0.29) is 5.69 Å². The summed E-state index contributed by atoms with van der Waals surface area (Å²) in [5, 5.41) is 25.6. The fraction of sp³-hybridized carbons (Fsp3) is 0.424. The lowest BCUT2D eigenvalue weighted by molar-refractivity contribution is 0.0369. The molecule has 0 atom stereocenters. The molecule has 0 radical (unpaired) electrons. The molecular formula is C33H38N6O4. The van der Waals surface area contributed by atoms with Crippen LogP contribution in [-0.2, 0) is 23.4 Å². The van der Waals surface area contributed by atoms with Crippen molar-refractivity contribution < 1.29 is 19.4 Å². The van der Waals surface area contributed by atoms with Crippen LogP contribution >= 0.6 is 0 Å². The van der Waals surface area contributed by atoms with Gasteiger partial charge in [-0.2, -0.15) is 5.21 Å². The van der Waals surface area contributed by atoms with Gasteiger partial charge in [0.25, 0.3) is 0 Å². The van der Waals surface area contributed by atoms with Crippen molar-refractivity contribution in [2.45, 2.75) is 77.9 Å². The van der Waals surface area contributed by atoms with Crippen LogP contribution in [0.3, 0.4) is 0 Å². The number of rotatable bonds is 8. The number of imidazole rings is 1. The van der Waals surface area contributed by atoms with Gasteiger partial charge in [-0.3, -0.25) is 4.57 Å². The molecule has 0 bridgehead atoms. The molecule has 3 heterocycles. The predicted molar refractivity (Wildman–Crippen MR) is 162 cm³/mol. The molecule has 6 rings (SSSR count). The van der Waals surface area contributed by atoms with E-state index in [4.69, 9.17) is 14.5 Å². The summed E-state index contributed by atoms with van der Waals surface area (Å²) in [6.45, 7) is 6.11. The first kappa shape index (κ1) is 28.8. The highest BCUT2D eigenvalue weighted by molar-refractivity contribution is 5.94. The number of nitrogens with zero attached hydrogens (tertiary/aromatic N) is 5. The predicted octanol–water partition coefficient (Wildman–Crippen LogP) is 5.78. The van der Waals surface area contributed by atoms with Crippen molar-refractivity contribution in [3.05, 3.63) is 82.2 Å². The third-order valence-corrected chi connectivity index (χ3v) is 8.21. The van der Waals surface area contributed by atoms with Gasteiger partial charge in [0.1, 0.15) is 29.5 Å². The monoisotopic (exact) mass is 582 g/mol. The fourth-order valence-electron chi connectivity index (χ4n) is 6.08. The van der Waals surface area contributed by atoms with Crippen LogP contribution in [0.25, 0.3) is 17.3 Å². The fourth-order valence-corrected chi connectivity index (χ4v) is 6.08. The molecule has 2 N–H and O–H groups in total. The Kier molecular flexibility index (Phi) is 8.12. The number of aliphatic hydroxyl groups is 1. The molecule has 10 heteroatoms. The first-order valence-electron chi connectivity index (χ1n) is 15.2. The van der Waals surface area contributed by atoms with Crippen LogP contribution in [0.15, 0.2) is 42.5 Å². The number of carbonyl (C=O) groups excluding carboxylic acids is 1. The minimum absolute atomic E-state index is 0.256. The second-order valence-corrected chi connectivity index (χ2v) is 11.9. The quantitative estimate of drug-likeness (QED) is 0.250. The molecule has 2 aliphatic rings. The van der Waals surface area contributed by atoms with Crippen molar-refractivity contribution in [3.63, 3.8) is 0 Å². The van der Waals surface area contributed by atoms with E-state index >= 15 is 0 Å². The Hall–Kier alpha value is -4.31. The van der Waals surface area contributed by atoms with E-state index in [1.165, 1.54) is 6.42 Å². The second-order valence-electron chi connectivity index (χ2n) is 11.9. The number of H-pyrrole nitrogens is 1. The molecular weight excluding hydrogens is 544 g/mol. The Morgan fingerprint density at radius 2 is 1.98 bits per heavy atom. The normalized spacial score (nSPS) is 16.3. The summed E-state index contributed by atoms with van der Waals surface area (Å²) in [6, 6.07) is 13.9. The van der Waals surface area contributed by atoms with E-state index in [9.17, 15) is 9.90 Å². The van der Waals surface area contributed by atoms with E-state index in [0.717, 1.165) is 54.4 Å². The molecule has 0 saturated heterocycles. The van der Waals surface area contributed by atoms with Gasteiger partial charge in [-0.15, -0.1) is 10.2 Å². The largest absolute Gasteiger partial charge is 0.488 e. The summed E-state index contributed by atoms with van der Waals surface area (Å²) >= 11 is 0. The third kappa shape index (κ3) is 5.97. The third-order valence-electron chi connectivity index (χ3n) is 8.21. The number of hydrogen-bond donors (Lipinski definition) is 2. The Labute approximate surface area is 251 Å². The highest BCUT2D eigenvalue weighted by Crippen LogP contribution is 2.40. The van der Waals surface area contributed by atoms with Crippen LogP contribution < -0.4 is 4.74 Å². The minimum atomic E-state index is -1.35. The number of ether oxygens (including phenoxy) is 2. The molecule has 224 valence electrons. The molecule has 1 fully saturated rings. The number of tetrazole rings is 1. The van der Waals surface area contributed by atoms with E-state index in [2.05, 4.69) is 33.6 Å². The number of carbonyl (C=O) groups is 1. The standard InChI is InChI=1S/C33H38N6O4/c1-4-10-29-34-31(33(2,3)41)30(32(40)43-19-21-11-6-5-7-12-21)39(29)23-15-16-25-26(18-28-35-37-38-36-28)24-14-9-8-13-22(24)20-42-27(25)17-23/h8-9,13-18,21,41H,4-7,10-12,19-20H2,1-3H3,(H,35,36,37,38)/b26-18-. The maximum Gasteiger partial charge on any atom is 0.357 e. The van der Waals surface area contributed by atoms with Crippen molar-refractivity contribution >= 4 is 17.6 Å². The molecule has 1 aliphatic heterocycles. The van der Waals surface area contributed by atoms with Crippen LogP contribution in [-0.4, -0.2) is 47.9 Å². The van der Waals surface area contributed by atoms with Crippen LogP contribution in [0, 0.1) is 5.92 Å². The maximum atomic E-state index is 13.8. The lowest BCUT2D eigenvalue weighted by Gasteiger charge is -2.22. The molecule has 4 aromatic rings. The summed E-state index contributed by atoms with van der Waals surface area (Å²) in [5.41, 5.74) is 3.73. The topological polar surface area (TPSA) is 128 Å². The van der Waals surface area contributed by atoms with Crippen LogP contribution in [0.5, 0.6) is 5.75 Å². The van der Waals surface area contributed by atoms with E-state index in [1.807, 2.05) is 47.0 Å². The van der Waals surface area contributed by atoms with E-state index < -0.39 is 11.6 Å². The van der Waals surface area contributed by atoms with Crippen molar-refractivity contribution in [2.75, 3.05) is 6.61 Å². The molecule has 1 aliphatic carbocycles. The molecule has 2 aromatic carbocycles. The van der Waals surface area contributed by atoms with Crippen molar-refractivity contribution in [1.29, 1.82) is 0 Å². The van der Waals surface area contributed by atoms with Crippen molar-refractivity contribution in [1.82, 2.24) is 30.2 Å². The first-order chi connectivity index (χ1) is 20.8. The Morgan fingerprint density at radius 3 is 2.72 bits per heavy atom. The summed E-state index contributed by atoms with van der Waals surface area (Å²) in [6.07, 6.45) is 9.01. The van der Waals surface area contributed by atoms with E-state index in [1.54, 1.807) is 13.8 Å². The van der Waals surface area contributed by atoms with Crippen molar-refractivity contribution in [2.24, 2.45) is 5.92 Å². The number of aryl methyl sites for hydroxylation is 1. The molecule has 0 spiro atoms. The average molecular weight is 583 g/mol. The first-order valence-corrected chi connectivity index (χ1v) is 15.2. The molecule has 1 saturated carbocycles. The minimum Gasteiger partial charge on any atom is -0.488 e. The van der Waals surface area contributed by atoms with Gasteiger partial charge in [0.05, 0.1) is 12.3 Å². The Balaban J connectivity index is 1.46. The second kappa shape index (κ2) is 12.1. The summed E-state index contributed by atoms with van der Waals surface area (Å²) < 4.78 is 14.2. The number of aromatic nitrogens is 6. The lowest BCUT2D eigenvalue weighted by atomic mass is 9.90. The van der Waals surface area contributed by atoms with Crippen molar-refractivity contribution in [3.8, 4) is 11.4 Å². The van der Waals surface area contributed by atoms with Gasteiger partial charge in [0.15, 0.2) is 11.5 Å². The number of benzene rings is 2. The van der Waals surface area contributed by atoms with Gasteiger partial charge in [-0.1, -0.05) is 50.5 Å². The number of esters is 1. The summed E-state index contributed by atoms with van der Waals surface area (Å²) in [4.78, 5) is 18.7. The van der Waals surface area contributed by atoms with Gasteiger partial charge in [-0.25, -0.2) is 9.78 Å². The van der Waals surface area contributed by atoms with Gasteiger partial charge >= 0.3 is 5.97 Å². The zero-order valence-corrected chi connectivity index (χ0v) is 25.0. The molecule has 10 nitrogen and oxygen atoms in total. The van der Waals surface area contributed by atoms with Gasteiger partial charge in [-0.05, 0) is 79.1 Å². The SMILES string of the molecule is CCCc1nc(C(C)(C)O)c(C(=O)OCC2CCCCC2)n1-c1ccc2c(c1)OCc1ccccc1/C2=C/c1nn[nH]n1. The number of aromatic amines is 1. The molecule has 0 amide bonds. The molecule has 43 heavy (non-hydrogen) atoms.